The summed E-state index contributed by atoms with van der Waals surface area (Å²) in [6, 6.07) is 0. The standard InChI is InChI=1S/C6H9N5O3S.ClH/c1-10-3-8-5(11(13)14)6(10)15-2-4(12)9-7;/h3H,2,7H2,1H3,(H,9,12);1H. The average molecular weight is 268 g/mol. The highest BCUT2D eigenvalue weighted by Crippen LogP contribution is 2.26. The summed E-state index contributed by atoms with van der Waals surface area (Å²) in [6.07, 6.45) is 1.32. The first-order valence-electron chi connectivity index (χ1n) is 3.84. The maximum atomic E-state index is 10.8. The van der Waals surface area contributed by atoms with Crippen LogP contribution in [0.1, 0.15) is 0 Å². The first-order valence-corrected chi connectivity index (χ1v) is 4.82. The van der Waals surface area contributed by atoms with E-state index in [1.54, 1.807) is 7.05 Å². The van der Waals surface area contributed by atoms with Crippen molar-refractivity contribution in [1.29, 1.82) is 0 Å². The first-order chi connectivity index (χ1) is 7.06. The van der Waals surface area contributed by atoms with Crippen LogP contribution in [-0.2, 0) is 11.8 Å². The molecule has 3 N–H and O–H groups in total. The van der Waals surface area contributed by atoms with Crippen LogP contribution in [0.25, 0.3) is 0 Å². The fourth-order valence-electron chi connectivity index (χ4n) is 0.874. The van der Waals surface area contributed by atoms with Gasteiger partial charge in [-0.05, 0) is 9.91 Å². The third-order valence-electron chi connectivity index (χ3n) is 1.54. The van der Waals surface area contributed by atoms with Gasteiger partial charge in [0, 0.05) is 7.05 Å². The number of nitrogens with one attached hydrogen (secondary N) is 1. The SMILES string of the molecule is Cl.Cn1cnc([N+](=O)[O-])c1SCC(=O)NN. The van der Waals surface area contributed by atoms with E-state index in [1.807, 2.05) is 5.43 Å². The summed E-state index contributed by atoms with van der Waals surface area (Å²) >= 11 is 1.01. The van der Waals surface area contributed by atoms with E-state index in [1.165, 1.54) is 10.9 Å². The molecule has 0 saturated heterocycles. The van der Waals surface area contributed by atoms with Gasteiger partial charge in [-0.25, -0.2) is 5.84 Å². The smallest absolute Gasteiger partial charge is 0.358 e. The molecule has 10 heteroatoms. The molecule has 1 rings (SSSR count). The number of carbonyl (C=O) groups excluding carboxylic acids is 1. The van der Waals surface area contributed by atoms with Crippen molar-refractivity contribution in [3.63, 3.8) is 0 Å². The summed E-state index contributed by atoms with van der Waals surface area (Å²) in [5, 5.41) is 10.9. The number of nitrogens with two attached hydrogens (primary N) is 1. The third-order valence-corrected chi connectivity index (χ3v) is 2.69. The number of nitro groups is 1. The predicted molar refractivity (Wildman–Crippen MR) is 60.2 cm³/mol. The molecule has 0 saturated carbocycles. The lowest BCUT2D eigenvalue weighted by Crippen LogP contribution is -2.31. The summed E-state index contributed by atoms with van der Waals surface area (Å²) < 4.78 is 1.48. The summed E-state index contributed by atoms with van der Waals surface area (Å²) in [6.45, 7) is 0. The number of aryl methyl sites for hydroxylation is 1. The van der Waals surface area contributed by atoms with Crippen molar-refractivity contribution in [2.24, 2.45) is 12.9 Å². The van der Waals surface area contributed by atoms with Gasteiger partial charge in [0.25, 0.3) is 0 Å². The minimum atomic E-state index is -0.595. The second kappa shape index (κ2) is 6.30. The first kappa shape index (κ1) is 14.7. The number of halogens is 1. The second-order valence-corrected chi connectivity index (χ2v) is 3.56. The topological polar surface area (TPSA) is 116 Å². The highest BCUT2D eigenvalue weighted by molar-refractivity contribution is 8.00. The van der Waals surface area contributed by atoms with Gasteiger partial charge in [0.15, 0.2) is 5.03 Å². The van der Waals surface area contributed by atoms with Gasteiger partial charge in [-0.2, -0.15) is 0 Å². The quantitative estimate of drug-likeness (QED) is 0.257. The van der Waals surface area contributed by atoms with E-state index < -0.39 is 10.8 Å². The molecule has 0 bridgehead atoms. The van der Waals surface area contributed by atoms with Crippen LogP contribution < -0.4 is 11.3 Å². The van der Waals surface area contributed by atoms with Gasteiger partial charge < -0.3 is 14.7 Å². The Labute approximate surface area is 101 Å². The molecule has 1 aromatic rings. The number of nitrogens with zero attached hydrogens (tertiary/aromatic N) is 3. The molecule has 8 nitrogen and oxygen atoms in total. The summed E-state index contributed by atoms with van der Waals surface area (Å²) in [7, 11) is 1.61. The lowest BCUT2D eigenvalue weighted by atomic mass is 10.7. The molecule has 1 heterocycles. The maximum absolute atomic E-state index is 10.8. The minimum absolute atomic E-state index is 0. The molecule has 16 heavy (non-hydrogen) atoms. The molecule has 90 valence electrons. The number of aromatic nitrogens is 2. The van der Waals surface area contributed by atoms with Gasteiger partial charge in [-0.3, -0.25) is 10.2 Å². The van der Waals surface area contributed by atoms with Crippen molar-refractivity contribution < 1.29 is 9.72 Å². The van der Waals surface area contributed by atoms with Gasteiger partial charge in [0.05, 0.1) is 5.75 Å². The molecule has 0 aromatic carbocycles. The van der Waals surface area contributed by atoms with Crippen molar-refractivity contribution in [1.82, 2.24) is 15.0 Å². The zero-order valence-corrected chi connectivity index (χ0v) is 9.88. The molecular weight excluding hydrogens is 258 g/mol. The molecule has 0 aliphatic rings. The van der Waals surface area contributed by atoms with Crippen LogP contribution in [0.3, 0.4) is 0 Å². The van der Waals surface area contributed by atoms with Crippen LogP contribution >= 0.6 is 24.2 Å². The number of thioether (sulfide) groups is 1. The third kappa shape index (κ3) is 3.36. The van der Waals surface area contributed by atoms with Gasteiger partial charge in [0.2, 0.25) is 12.2 Å². The van der Waals surface area contributed by atoms with Crippen LogP contribution in [0.5, 0.6) is 0 Å². The van der Waals surface area contributed by atoms with E-state index in [9.17, 15) is 14.9 Å². The zero-order valence-electron chi connectivity index (χ0n) is 8.24. The van der Waals surface area contributed by atoms with E-state index >= 15 is 0 Å². The highest BCUT2D eigenvalue weighted by Gasteiger charge is 2.20. The summed E-state index contributed by atoms with van der Waals surface area (Å²) in [4.78, 5) is 24.4. The Balaban J connectivity index is 0.00000225. The molecule has 0 radical (unpaired) electrons. The Kier molecular flexibility index (Phi) is 5.78. The molecule has 0 aliphatic heterocycles. The number of hydrogen-bond donors (Lipinski definition) is 2. The second-order valence-electron chi connectivity index (χ2n) is 2.60. The van der Waals surface area contributed by atoms with Crippen LogP contribution in [0, 0.1) is 10.1 Å². The van der Waals surface area contributed by atoms with Gasteiger partial charge >= 0.3 is 5.82 Å². The molecular formula is C6H10ClN5O3S. The van der Waals surface area contributed by atoms with Crippen molar-refractivity contribution in [3.05, 3.63) is 16.4 Å². The molecule has 1 amide bonds. The van der Waals surface area contributed by atoms with Crippen LogP contribution in [0.2, 0.25) is 0 Å². The molecule has 1 aromatic heterocycles. The lowest BCUT2D eigenvalue weighted by molar-refractivity contribution is -0.392. The number of rotatable bonds is 4. The van der Waals surface area contributed by atoms with Crippen LogP contribution in [-0.4, -0.2) is 26.1 Å². The number of carbonyl (C=O) groups is 1. The lowest BCUT2D eigenvalue weighted by Gasteiger charge is -2.00. The Hall–Kier alpha value is -1.32. The van der Waals surface area contributed by atoms with Crippen LogP contribution in [0.15, 0.2) is 11.4 Å². The number of hydrazine groups is 1. The molecule has 0 fully saturated rings. The fourth-order valence-corrected chi connectivity index (χ4v) is 1.73. The van der Waals surface area contributed by atoms with E-state index in [0.717, 1.165) is 11.8 Å². The molecule has 0 aliphatic carbocycles. The van der Waals surface area contributed by atoms with Crippen molar-refractivity contribution in [2.75, 3.05) is 5.75 Å². The van der Waals surface area contributed by atoms with Gasteiger partial charge in [-0.1, -0.05) is 11.8 Å². The van der Waals surface area contributed by atoms with Gasteiger partial charge in [0.1, 0.15) is 0 Å². The summed E-state index contributed by atoms with van der Waals surface area (Å²) in [5.41, 5.74) is 1.94. The van der Waals surface area contributed by atoms with E-state index in [4.69, 9.17) is 5.84 Å². The van der Waals surface area contributed by atoms with E-state index in [0.29, 0.717) is 5.03 Å². The average Bonchev–Trinajstić information content (AvgIpc) is 2.56. The predicted octanol–water partition coefficient (Wildman–Crippen LogP) is -0.168. The zero-order chi connectivity index (χ0) is 11.4. The molecule has 0 atom stereocenters. The maximum Gasteiger partial charge on any atom is 0.395 e. The van der Waals surface area contributed by atoms with Crippen molar-refractivity contribution in [2.45, 2.75) is 5.03 Å². The molecule has 0 unspecified atom stereocenters. The van der Waals surface area contributed by atoms with E-state index in [-0.39, 0.29) is 24.0 Å². The fraction of sp³-hybridized carbons (Fsp3) is 0.333. The number of imidazole rings is 1. The number of amides is 1. The highest BCUT2D eigenvalue weighted by atomic mass is 35.5. The Morgan fingerprint density at radius 2 is 2.44 bits per heavy atom. The molecule has 0 spiro atoms. The monoisotopic (exact) mass is 267 g/mol. The normalized spacial score (nSPS) is 9.38. The Morgan fingerprint density at radius 3 is 2.94 bits per heavy atom. The minimum Gasteiger partial charge on any atom is -0.358 e. The van der Waals surface area contributed by atoms with Crippen molar-refractivity contribution >= 4 is 35.9 Å². The van der Waals surface area contributed by atoms with Gasteiger partial charge in [-0.15, -0.1) is 12.4 Å². The van der Waals surface area contributed by atoms with Crippen molar-refractivity contribution in [3.8, 4) is 0 Å². The Bertz CT molecular complexity index is 396. The summed E-state index contributed by atoms with van der Waals surface area (Å²) in [5.74, 6) is 4.22. The number of hydrogen-bond acceptors (Lipinski definition) is 6. The van der Waals surface area contributed by atoms with E-state index in [2.05, 4.69) is 4.98 Å². The van der Waals surface area contributed by atoms with Crippen LogP contribution in [0.4, 0.5) is 5.82 Å². The Morgan fingerprint density at radius 1 is 1.81 bits per heavy atom. The largest absolute Gasteiger partial charge is 0.395 e.